The van der Waals surface area contributed by atoms with Crippen molar-refractivity contribution in [1.82, 2.24) is 0 Å². The first-order valence-corrected chi connectivity index (χ1v) is 13.7. The van der Waals surface area contributed by atoms with Gasteiger partial charge in [0.1, 0.15) is 11.5 Å². The molecule has 6 rings (SSSR count). The lowest BCUT2D eigenvalue weighted by molar-refractivity contribution is 0.495. The van der Waals surface area contributed by atoms with Crippen LogP contribution in [0.5, 0.6) is 5.75 Å². The van der Waals surface area contributed by atoms with Crippen LogP contribution in [0.4, 0.5) is 11.4 Å². The van der Waals surface area contributed by atoms with Gasteiger partial charge in [0, 0.05) is 56.6 Å². The highest BCUT2D eigenvalue weighted by molar-refractivity contribution is 5.91. The van der Waals surface area contributed by atoms with Gasteiger partial charge in [-0.1, -0.05) is 91.0 Å². The van der Waals surface area contributed by atoms with E-state index in [-0.39, 0.29) is 5.92 Å². The van der Waals surface area contributed by atoms with E-state index in [1.165, 1.54) is 44.4 Å². The summed E-state index contributed by atoms with van der Waals surface area (Å²) in [4.78, 5) is 4.27. The fourth-order valence-corrected chi connectivity index (χ4v) is 5.41. The molecule has 5 aromatic carbocycles. The van der Waals surface area contributed by atoms with Crippen LogP contribution in [0.3, 0.4) is 0 Å². The molecule has 40 heavy (non-hydrogen) atoms. The van der Waals surface area contributed by atoms with Gasteiger partial charge in [-0.25, -0.2) is 0 Å². The van der Waals surface area contributed by atoms with Crippen molar-refractivity contribution in [2.24, 2.45) is 0 Å². The highest BCUT2D eigenvalue weighted by Gasteiger charge is 2.25. The monoisotopic (exact) mass is 522 g/mol. The minimum Gasteiger partial charge on any atom is -0.457 e. The van der Waals surface area contributed by atoms with E-state index in [1.807, 2.05) is 6.07 Å². The minimum absolute atomic E-state index is 0.0158. The molecule has 0 aliphatic carbocycles. The summed E-state index contributed by atoms with van der Waals surface area (Å²) < 4.78 is 6.55. The Labute approximate surface area is 237 Å². The molecule has 198 valence electrons. The third-order valence-electron chi connectivity index (χ3n) is 7.61. The van der Waals surface area contributed by atoms with Crippen molar-refractivity contribution in [3.63, 3.8) is 0 Å². The fourth-order valence-electron chi connectivity index (χ4n) is 5.41. The Morgan fingerprint density at radius 1 is 0.625 bits per heavy atom. The Bertz CT molecular complexity index is 1640. The average molecular weight is 523 g/mol. The normalized spacial score (nSPS) is 14.1. The zero-order chi connectivity index (χ0) is 27.6. The van der Waals surface area contributed by atoms with Gasteiger partial charge in [0.25, 0.3) is 0 Å². The predicted octanol–water partition coefficient (Wildman–Crippen LogP) is 8.62. The summed E-state index contributed by atoms with van der Waals surface area (Å²) in [6.45, 7) is 0. The Balaban J connectivity index is 1.57. The Morgan fingerprint density at radius 3 is 1.80 bits per heavy atom. The van der Waals surface area contributed by atoms with Gasteiger partial charge < -0.3 is 14.5 Å². The molecule has 0 saturated carbocycles. The number of ether oxygens (including phenoxy) is 1. The first-order valence-electron chi connectivity index (χ1n) is 13.7. The zero-order valence-electron chi connectivity index (χ0n) is 23.5. The number of hydrogen-bond acceptors (Lipinski definition) is 3. The summed E-state index contributed by atoms with van der Waals surface area (Å²) in [5, 5.41) is 2.43. The molecule has 1 heterocycles. The number of benzene rings is 5. The van der Waals surface area contributed by atoms with Crippen LogP contribution in [-0.2, 0) is 0 Å². The summed E-state index contributed by atoms with van der Waals surface area (Å²) in [5.74, 6) is 1.81. The zero-order valence-corrected chi connectivity index (χ0v) is 23.5. The van der Waals surface area contributed by atoms with Crippen molar-refractivity contribution < 1.29 is 4.74 Å². The largest absolute Gasteiger partial charge is 0.457 e. The summed E-state index contributed by atoms with van der Waals surface area (Å²) in [6, 6.07) is 40.9. The van der Waals surface area contributed by atoms with Crippen molar-refractivity contribution in [3.05, 3.63) is 150 Å². The van der Waals surface area contributed by atoms with E-state index in [1.54, 1.807) is 0 Å². The number of nitrogens with zero attached hydrogens (tertiary/aromatic N) is 2. The van der Waals surface area contributed by atoms with E-state index in [4.69, 9.17) is 4.74 Å². The second-order valence-electron chi connectivity index (χ2n) is 10.7. The molecule has 1 aliphatic heterocycles. The Morgan fingerprint density at radius 2 is 1.20 bits per heavy atom. The first kappa shape index (κ1) is 25.5. The van der Waals surface area contributed by atoms with Crippen LogP contribution >= 0.6 is 0 Å². The summed E-state index contributed by atoms with van der Waals surface area (Å²) in [5.41, 5.74) is 8.21. The summed E-state index contributed by atoms with van der Waals surface area (Å²) in [6.07, 6.45) is 4.68. The lowest BCUT2D eigenvalue weighted by Gasteiger charge is -2.26. The number of hydrogen-bond donors (Lipinski definition) is 0. The molecule has 0 radical (unpaired) electrons. The Kier molecular flexibility index (Phi) is 6.88. The van der Waals surface area contributed by atoms with Crippen molar-refractivity contribution >= 4 is 33.5 Å². The molecular weight excluding hydrogens is 488 g/mol. The first-order chi connectivity index (χ1) is 19.5. The molecule has 3 heteroatoms. The third kappa shape index (κ3) is 4.99. The lowest BCUT2D eigenvalue weighted by Crippen LogP contribution is -2.10. The number of rotatable bonds is 6. The third-order valence-corrected chi connectivity index (χ3v) is 7.61. The second-order valence-corrected chi connectivity index (χ2v) is 10.7. The standard InChI is InChI=1S/C37H34N2O/c1-38(2)31-19-14-27(15-20-31)34(28-16-21-32(22-17-28)39(3)4)24-30-25-36(29-11-6-5-7-12-29)40-35-23-18-26-10-8-9-13-33(26)37(30)35/h5-25,30H,1-4H3/t30-/m0/s1. The summed E-state index contributed by atoms with van der Waals surface area (Å²) in [7, 11) is 8.30. The van der Waals surface area contributed by atoms with Crippen molar-refractivity contribution in [2.45, 2.75) is 5.92 Å². The van der Waals surface area contributed by atoms with Crippen molar-refractivity contribution in [2.75, 3.05) is 38.0 Å². The molecule has 3 nitrogen and oxygen atoms in total. The number of anilines is 2. The topological polar surface area (TPSA) is 15.7 Å². The SMILES string of the molecule is CN(C)c1ccc(C(=C[C@H]2C=C(c3ccccc3)Oc3ccc4ccccc4c32)c2ccc(N(C)C)cc2)cc1. The van der Waals surface area contributed by atoms with E-state index in [2.05, 4.69) is 159 Å². The van der Waals surface area contributed by atoms with Crippen molar-refractivity contribution in [3.8, 4) is 5.75 Å². The highest BCUT2D eigenvalue weighted by Crippen LogP contribution is 2.44. The maximum absolute atomic E-state index is 6.55. The molecule has 1 atom stereocenters. The molecule has 0 bridgehead atoms. The van der Waals surface area contributed by atoms with E-state index in [0.717, 1.165) is 17.1 Å². The van der Waals surface area contributed by atoms with Crippen LogP contribution in [0.1, 0.15) is 28.2 Å². The van der Waals surface area contributed by atoms with Crippen LogP contribution in [0.2, 0.25) is 0 Å². The van der Waals surface area contributed by atoms with Gasteiger partial charge in [0.15, 0.2) is 0 Å². The van der Waals surface area contributed by atoms with Crippen LogP contribution in [0, 0.1) is 0 Å². The van der Waals surface area contributed by atoms with E-state index >= 15 is 0 Å². The van der Waals surface area contributed by atoms with Gasteiger partial charge in [0.05, 0.1) is 0 Å². The maximum Gasteiger partial charge on any atom is 0.132 e. The molecule has 5 aromatic rings. The van der Waals surface area contributed by atoms with Crippen LogP contribution in [0.15, 0.2) is 127 Å². The van der Waals surface area contributed by atoms with E-state index in [9.17, 15) is 0 Å². The van der Waals surface area contributed by atoms with Gasteiger partial charge >= 0.3 is 0 Å². The van der Waals surface area contributed by atoms with Gasteiger partial charge in [-0.15, -0.1) is 0 Å². The highest BCUT2D eigenvalue weighted by atomic mass is 16.5. The van der Waals surface area contributed by atoms with Gasteiger partial charge in [-0.3, -0.25) is 0 Å². The van der Waals surface area contributed by atoms with E-state index in [0.29, 0.717) is 0 Å². The fraction of sp³-hybridized carbons (Fsp3) is 0.135. The predicted molar refractivity (Wildman–Crippen MR) is 170 cm³/mol. The lowest BCUT2D eigenvalue weighted by atomic mass is 9.85. The minimum atomic E-state index is 0.0158. The van der Waals surface area contributed by atoms with Crippen LogP contribution in [-0.4, -0.2) is 28.2 Å². The van der Waals surface area contributed by atoms with Crippen molar-refractivity contribution in [1.29, 1.82) is 0 Å². The molecule has 0 fully saturated rings. The molecule has 0 unspecified atom stereocenters. The molecule has 0 saturated heterocycles. The van der Waals surface area contributed by atoms with Gasteiger partial charge in [-0.2, -0.15) is 0 Å². The van der Waals surface area contributed by atoms with Gasteiger partial charge in [-0.05, 0) is 63.9 Å². The number of allylic oxidation sites excluding steroid dienone is 2. The molecule has 1 aliphatic rings. The molecule has 0 aromatic heterocycles. The van der Waals surface area contributed by atoms with Gasteiger partial charge in [0.2, 0.25) is 0 Å². The summed E-state index contributed by atoms with van der Waals surface area (Å²) >= 11 is 0. The quantitative estimate of drug-likeness (QED) is 0.222. The van der Waals surface area contributed by atoms with E-state index < -0.39 is 0 Å². The van der Waals surface area contributed by atoms with Crippen LogP contribution in [0.25, 0.3) is 22.1 Å². The Hall–Kier alpha value is -4.76. The van der Waals surface area contributed by atoms with Crippen LogP contribution < -0.4 is 14.5 Å². The molecule has 0 N–H and O–H groups in total. The number of fused-ring (bicyclic) bond motifs is 3. The second kappa shape index (κ2) is 10.8. The average Bonchev–Trinajstić information content (AvgIpc) is 3.00. The maximum atomic E-state index is 6.55. The molecule has 0 spiro atoms. The smallest absolute Gasteiger partial charge is 0.132 e. The molecular formula is C37H34N2O. The molecule has 0 amide bonds.